The van der Waals surface area contributed by atoms with Crippen molar-refractivity contribution in [1.82, 2.24) is 45.4 Å². The fourth-order valence-electron chi connectivity index (χ4n) is 4.12. The highest BCUT2D eigenvalue weighted by Crippen LogP contribution is 2.33. The van der Waals surface area contributed by atoms with Crippen molar-refractivity contribution >= 4 is 22.1 Å². The number of hydrogen-bond acceptors (Lipinski definition) is 7. The quantitative estimate of drug-likeness (QED) is 0.336. The molecule has 35 heavy (non-hydrogen) atoms. The van der Waals surface area contributed by atoms with E-state index in [0.717, 1.165) is 28.8 Å². The van der Waals surface area contributed by atoms with Crippen LogP contribution in [-0.4, -0.2) is 46.6 Å². The van der Waals surface area contributed by atoms with Gasteiger partial charge in [-0.2, -0.15) is 5.10 Å². The molecule has 0 aromatic carbocycles. The number of aromatic amines is 2. The Morgan fingerprint density at radius 1 is 0.971 bits per heavy atom. The van der Waals surface area contributed by atoms with Gasteiger partial charge in [0.05, 0.1) is 22.6 Å². The minimum atomic E-state index is -0.491. The number of fused-ring (bicyclic) bond motifs is 2. The van der Waals surface area contributed by atoms with E-state index in [1.165, 1.54) is 0 Å². The van der Waals surface area contributed by atoms with Crippen molar-refractivity contribution in [1.29, 1.82) is 0 Å². The lowest BCUT2D eigenvalue weighted by molar-refractivity contribution is 0.638. The van der Waals surface area contributed by atoms with Gasteiger partial charge in [-0.3, -0.25) is 20.1 Å². The summed E-state index contributed by atoms with van der Waals surface area (Å²) in [7, 11) is 0. The second-order valence-corrected chi connectivity index (χ2v) is 8.03. The highest BCUT2D eigenvalue weighted by Gasteiger charge is 2.21. The van der Waals surface area contributed by atoms with E-state index in [0.29, 0.717) is 40.2 Å². The van der Waals surface area contributed by atoms with Crippen LogP contribution in [0, 0.1) is 5.82 Å². The van der Waals surface area contributed by atoms with Crippen molar-refractivity contribution in [3.05, 3.63) is 72.8 Å². The zero-order valence-corrected chi connectivity index (χ0v) is 18.7. The van der Waals surface area contributed by atoms with E-state index >= 15 is 4.39 Å². The summed E-state index contributed by atoms with van der Waals surface area (Å²) < 4.78 is 15.9. The Balaban J connectivity index is 1.48. The van der Waals surface area contributed by atoms with E-state index < -0.39 is 5.82 Å². The molecular weight excluding hydrogens is 445 g/mol. The van der Waals surface area contributed by atoms with Gasteiger partial charge in [0.25, 0.3) is 0 Å². The number of hydrogen-bond donors (Lipinski definition) is 3. The normalized spacial score (nSPS) is 11.5. The van der Waals surface area contributed by atoms with Crippen molar-refractivity contribution in [2.45, 2.75) is 13.5 Å². The van der Waals surface area contributed by atoms with E-state index in [4.69, 9.17) is 0 Å². The van der Waals surface area contributed by atoms with Crippen LogP contribution in [0.4, 0.5) is 4.39 Å². The Hall–Kier alpha value is -4.57. The zero-order chi connectivity index (χ0) is 23.8. The van der Waals surface area contributed by atoms with Gasteiger partial charge < -0.3 is 10.3 Å². The van der Waals surface area contributed by atoms with E-state index in [-0.39, 0.29) is 5.69 Å². The molecule has 0 aliphatic heterocycles. The molecule has 9 nitrogen and oxygen atoms in total. The van der Waals surface area contributed by atoms with Crippen LogP contribution in [0.15, 0.2) is 61.4 Å². The Kier molecular flexibility index (Phi) is 5.19. The van der Waals surface area contributed by atoms with Crippen LogP contribution >= 0.6 is 0 Å². The first-order valence-electron chi connectivity index (χ1n) is 11.2. The third kappa shape index (κ3) is 3.69. The first-order chi connectivity index (χ1) is 17.2. The van der Waals surface area contributed by atoms with E-state index in [9.17, 15) is 0 Å². The van der Waals surface area contributed by atoms with Gasteiger partial charge >= 0.3 is 0 Å². The van der Waals surface area contributed by atoms with Gasteiger partial charge in [-0.1, -0.05) is 13.0 Å². The molecule has 3 N–H and O–H groups in total. The predicted molar refractivity (Wildman–Crippen MR) is 131 cm³/mol. The molecule has 0 saturated carbocycles. The molecule has 0 bridgehead atoms. The molecule has 6 aromatic heterocycles. The number of pyridine rings is 4. The minimum absolute atomic E-state index is 0.205. The average Bonchev–Trinajstić information content (AvgIpc) is 3.53. The lowest BCUT2D eigenvalue weighted by Gasteiger charge is -2.07. The maximum atomic E-state index is 15.9. The molecule has 172 valence electrons. The molecule has 0 fully saturated rings. The van der Waals surface area contributed by atoms with Crippen LogP contribution < -0.4 is 5.32 Å². The van der Waals surface area contributed by atoms with Gasteiger partial charge in [0.15, 0.2) is 17.3 Å². The topological polar surface area (TPSA) is 121 Å². The number of rotatable bonds is 6. The monoisotopic (exact) mass is 465 g/mol. The summed E-state index contributed by atoms with van der Waals surface area (Å²) in [6, 6.07) is 7.60. The van der Waals surface area contributed by atoms with E-state index in [1.807, 2.05) is 31.2 Å². The third-order valence-electron chi connectivity index (χ3n) is 5.78. The fourth-order valence-corrected chi connectivity index (χ4v) is 4.12. The van der Waals surface area contributed by atoms with Gasteiger partial charge in [0, 0.05) is 54.2 Å². The van der Waals surface area contributed by atoms with Crippen LogP contribution in [-0.2, 0) is 6.54 Å². The Bertz CT molecular complexity index is 1660. The summed E-state index contributed by atoms with van der Waals surface area (Å²) in [4.78, 5) is 25.1. The molecule has 0 radical (unpaired) electrons. The number of imidazole rings is 1. The zero-order valence-electron chi connectivity index (χ0n) is 18.7. The van der Waals surface area contributed by atoms with Crippen molar-refractivity contribution in [2.75, 3.05) is 6.54 Å². The maximum absolute atomic E-state index is 15.9. The number of nitrogens with zero attached hydrogens (tertiary/aromatic N) is 6. The van der Waals surface area contributed by atoms with Crippen molar-refractivity contribution in [2.24, 2.45) is 0 Å². The average molecular weight is 465 g/mol. The Morgan fingerprint density at radius 2 is 1.89 bits per heavy atom. The number of nitrogens with one attached hydrogen (secondary N) is 3. The van der Waals surface area contributed by atoms with Crippen LogP contribution in [0.5, 0.6) is 0 Å². The SMILES string of the molecule is CCNCc1cncc(-c2ncc3[nH]nc(-c4nc5nccc(-c6cccnc6)c5[nH]4)c3c2F)c1. The molecular formula is C25H20FN9. The summed E-state index contributed by atoms with van der Waals surface area (Å²) in [5.41, 5.74) is 5.62. The lowest BCUT2D eigenvalue weighted by atomic mass is 10.1. The second kappa shape index (κ2) is 8.65. The number of halogens is 1. The van der Waals surface area contributed by atoms with Crippen molar-refractivity contribution < 1.29 is 4.39 Å². The van der Waals surface area contributed by atoms with E-state index in [2.05, 4.69) is 45.4 Å². The maximum Gasteiger partial charge on any atom is 0.178 e. The molecule has 6 rings (SSSR count). The second-order valence-electron chi connectivity index (χ2n) is 8.03. The van der Waals surface area contributed by atoms with E-state index in [1.54, 1.807) is 37.2 Å². The molecule has 6 aromatic rings. The molecule has 0 amide bonds. The van der Waals surface area contributed by atoms with Crippen molar-refractivity contribution in [3.63, 3.8) is 0 Å². The largest absolute Gasteiger partial charge is 0.335 e. The predicted octanol–water partition coefficient (Wildman–Crippen LogP) is 4.27. The van der Waals surface area contributed by atoms with Crippen molar-refractivity contribution in [3.8, 4) is 33.9 Å². The Labute approximate surface area is 198 Å². The number of aromatic nitrogens is 8. The molecule has 0 aliphatic rings. The summed E-state index contributed by atoms with van der Waals surface area (Å²) >= 11 is 0. The first kappa shape index (κ1) is 21.0. The molecule has 0 atom stereocenters. The van der Waals surface area contributed by atoms with Crippen LogP contribution in [0.25, 0.3) is 56.0 Å². The van der Waals surface area contributed by atoms with Crippen LogP contribution in [0.1, 0.15) is 12.5 Å². The lowest BCUT2D eigenvalue weighted by Crippen LogP contribution is -2.11. The fraction of sp³-hybridized carbons (Fsp3) is 0.120. The molecule has 6 heterocycles. The number of H-pyrrole nitrogens is 2. The smallest absolute Gasteiger partial charge is 0.178 e. The van der Waals surface area contributed by atoms with Gasteiger partial charge in [0.1, 0.15) is 11.4 Å². The highest BCUT2D eigenvalue weighted by molar-refractivity contribution is 5.97. The van der Waals surface area contributed by atoms with Gasteiger partial charge in [0.2, 0.25) is 0 Å². The third-order valence-corrected chi connectivity index (χ3v) is 5.78. The molecule has 0 saturated heterocycles. The molecule has 0 spiro atoms. The van der Waals surface area contributed by atoms with Crippen LogP contribution in [0.3, 0.4) is 0 Å². The molecule has 10 heteroatoms. The highest BCUT2D eigenvalue weighted by atomic mass is 19.1. The minimum Gasteiger partial charge on any atom is -0.335 e. The summed E-state index contributed by atoms with van der Waals surface area (Å²) in [6.07, 6.45) is 10.1. The van der Waals surface area contributed by atoms with Gasteiger partial charge in [-0.15, -0.1) is 0 Å². The van der Waals surface area contributed by atoms with Crippen LogP contribution in [0.2, 0.25) is 0 Å². The first-order valence-corrected chi connectivity index (χ1v) is 11.2. The summed E-state index contributed by atoms with van der Waals surface area (Å²) in [5, 5.41) is 10.8. The van der Waals surface area contributed by atoms with Gasteiger partial charge in [-0.25, -0.2) is 14.4 Å². The summed E-state index contributed by atoms with van der Waals surface area (Å²) in [5.74, 6) is -0.0836. The molecule has 0 unspecified atom stereocenters. The molecule has 0 aliphatic carbocycles. The summed E-state index contributed by atoms with van der Waals surface area (Å²) in [6.45, 7) is 3.50. The standard InChI is InChI=1S/C25H20FN9/c1-2-27-9-14-8-16(12-29-10-14)21-20(26)19-18(13-31-21)34-35-23(19)25-32-22-17(5-7-30-24(22)33-25)15-4-3-6-28-11-15/h3-8,10-13,27H,2,9H2,1H3,(H,34,35)(H,30,32,33). The Morgan fingerprint density at radius 3 is 2.74 bits per heavy atom. The van der Waals surface area contributed by atoms with Gasteiger partial charge in [-0.05, 0) is 30.3 Å².